The molecule has 0 spiro atoms. The number of benzene rings is 1. The molecule has 0 radical (unpaired) electrons. The van der Waals surface area contributed by atoms with Crippen molar-refractivity contribution in [3.05, 3.63) is 24.3 Å². The quantitative estimate of drug-likeness (QED) is 0.472. The van der Waals surface area contributed by atoms with E-state index in [0.717, 1.165) is 17.4 Å². The fourth-order valence-corrected chi connectivity index (χ4v) is 2.10. The largest absolute Gasteiger partial charge is 0.497 e. The van der Waals surface area contributed by atoms with Crippen LogP contribution in [0.3, 0.4) is 0 Å². The second-order valence-electron chi connectivity index (χ2n) is 4.72. The van der Waals surface area contributed by atoms with Crippen molar-refractivity contribution in [2.24, 2.45) is 16.6 Å². The van der Waals surface area contributed by atoms with Crippen molar-refractivity contribution < 1.29 is 4.74 Å². The molecule has 2 rings (SSSR count). The van der Waals surface area contributed by atoms with E-state index < -0.39 is 0 Å². The number of halogens is 1. The maximum Gasteiger partial charge on any atom is 0.193 e. The molecule has 3 N–H and O–H groups in total. The molecule has 106 valence electrons. The minimum absolute atomic E-state index is 0. The number of nitrogens with one attached hydrogen (secondary N) is 1. The zero-order chi connectivity index (χ0) is 13.0. The Kier molecular flexibility index (Phi) is 6.41. The summed E-state index contributed by atoms with van der Waals surface area (Å²) < 4.78 is 5.10. The monoisotopic (exact) mass is 375 g/mol. The highest BCUT2D eigenvalue weighted by Gasteiger charge is 2.35. The molecule has 4 nitrogen and oxygen atoms in total. The van der Waals surface area contributed by atoms with Crippen LogP contribution in [-0.4, -0.2) is 19.1 Å². The second-order valence-corrected chi connectivity index (χ2v) is 4.72. The van der Waals surface area contributed by atoms with Crippen LogP contribution in [0.4, 0.5) is 5.69 Å². The Morgan fingerprint density at radius 3 is 2.68 bits per heavy atom. The smallest absolute Gasteiger partial charge is 0.193 e. The Morgan fingerprint density at radius 1 is 1.42 bits per heavy atom. The van der Waals surface area contributed by atoms with Crippen molar-refractivity contribution in [2.45, 2.75) is 32.2 Å². The van der Waals surface area contributed by atoms with Crippen molar-refractivity contribution >= 4 is 35.6 Å². The van der Waals surface area contributed by atoms with Gasteiger partial charge in [-0.2, -0.15) is 0 Å². The third kappa shape index (κ3) is 4.89. The highest BCUT2D eigenvalue weighted by Crippen LogP contribution is 2.37. The van der Waals surface area contributed by atoms with Gasteiger partial charge in [-0.15, -0.1) is 24.0 Å². The van der Waals surface area contributed by atoms with Crippen molar-refractivity contribution in [2.75, 3.05) is 12.4 Å². The summed E-state index contributed by atoms with van der Waals surface area (Å²) in [5, 5.41) is 3.10. The van der Waals surface area contributed by atoms with E-state index in [1.54, 1.807) is 7.11 Å². The maximum atomic E-state index is 5.88. The Balaban J connectivity index is 0.00000180. The fourth-order valence-electron chi connectivity index (χ4n) is 2.10. The first kappa shape index (κ1) is 16.1. The number of ether oxygens (including phenoxy) is 1. The molecule has 0 saturated heterocycles. The van der Waals surface area contributed by atoms with E-state index in [-0.39, 0.29) is 24.0 Å². The van der Waals surface area contributed by atoms with Crippen LogP contribution in [0.2, 0.25) is 0 Å². The number of hydrogen-bond donors (Lipinski definition) is 2. The molecule has 1 aromatic rings. The number of methoxy groups -OCH3 is 1. The molecule has 1 aromatic carbocycles. The summed E-state index contributed by atoms with van der Waals surface area (Å²) in [5.41, 5.74) is 6.82. The number of rotatable bonds is 5. The Labute approximate surface area is 131 Å². The van der Waals surface area contributed by atoms with Crippen molar-refractivity contribution in [1.29, 1.82) is 0 Å². The van der Waals surface area contributed by atoms with Gasteiger partial charge in [0.15, 0.2) is 5.96 Å². The number of anilines is 1. The minimum atomic E-state index is 0. The van der Waals surface area contributed by atoms with Crippen LogP contribution < -0.4 is 15.8 Å². The van der Waals surface area contributed by atoms with E-state index >= 15 is 0 Å². The molecule has 0 aliphatic heterocycles. The lowest BCUT2D eigenvalue weighted by atomic mass is 10.2. The molecule has 1 aliphatic rings. The van der Waals surface area contributed by atoms with Gasteiger partial charge >= 0.3 is 0 Å². The van der Waals surface area contributed by atoms with Gasteiger partial charge in [-0.25, -0.2) is 4.99 Å². The molecule has 5 heteroatoms. The molecule has 0 bridgehead atoms. The summed E-state index contributed by atoms with van der Waals surface area (Å²) in [4.78, 5) is 4.48. The second kappa shape index (κ2) is 7.57. The summed E-state index contributed by atoms with van der Waals surface area (Å²) in [5.74, 6) is 2.08. The number of guanidine groups is 1. The van der Waals surface area contributed by atoms with Gasteiger partial charge in [-0.05, 0) is 43.0 Å². The lowest BCUT2D eigenvalue weighted by Gasteiger charge is -2.06. The van der Waals surface area contributed by atoms with E-state index in [1.165, 1.54) is 19.3 Å². The molecule has 0 aromatic heterocycles. The highest BCUT2D eigenvalue weighted by atomic mass is 127. The van der Waals surface area contributed by atoms with Gasteiger partial charge in [0, 0.05) is 5.69 Å². The predicted molar refractivity (Wildman–Crippen MR) is 90.5 cm³/mol. The van der Waals surface area contributed by atoms with Gasteiger partial charge in [0.1, 0.15) is 5.75 Å². The number of hydrogen-bond acceptors (Lipinski definition) is 2. The molecule has 19 heavy (non-hydrogen) atoms. The SMILES string of the molecule is CCCC1CC1N=C(N)Nc1ccc(OC)cc1.I. The number of nitrogens with zero attached hydrogens (tertiary/aromatic N) is 1. The number of aliphatic imine (C=N–C) groups is 1. The molecule has 1 saturated carbocycles. The lowest BCUT2D eigenvalue weighted by molar-refractivity contribution is 0.415. The van der Waals surface area contributed by atoms with E-state index in [0.29, 0.717) is 12.0 Å². The van der Waals surface area contributed by atoms with Crippen LogP contribution in [0.15, 0.2) is 29.3 Å². The Morgan fingerprint density at radius 2 is 2.11 bits per heavy atom. The van der Waals surface area contributed by atoms with E-state index in [1.807, 2.05) is 24.3 Å². The van der Waals surface area contributed by atoms with Gasteiger partial charge < -0.3 is 15.8 Å². The average molecular weight is 375 g/mol. The van der Waals surface area contributed by atoms with Gasteiger partial charge in [-0.3, -0.25) is 0 Å². The van der Waals surface area contributed by atoms with E-state index in [2.05, 4.69) is 17.2 Å². The maximum absolute atomic E-state index is 5.88. The van der Waals surface area contributed by atoms with E-state index in [4.69, 9.17) is 10.5 Å². The van der Waals surface area contributed by atoms with Gasteiger partial charge in [0.05, 0.1) is 13.2 Å². The van der Waals surface area contributed by atoms with Crippen LogP contribution in [0.5, 0.6) is 5.75 Å². The zero-order valence-electron chi connectivity index (χ0n) is 11.4. The third-order valence-corrected chi connectivity index (χ3v) is 3.21. The van der Waals surface area contributed by atoms with E-state index in [9.17, 15) is 0 Å². The molecular formula is C14H22IN3O. The normalized spacial score (nSPS) is 21.5. The molecule has 0 heterocycles. The van der Waals surface area contributed by atoms with Crippen LogP contribution in [0.25, 0.3) is 0 Å². The summed E-state index contributed by atoms with van der Waals surface area (Å²) >= 11 is 0. The van der Waals surface area contributed by atoms with Gasteiger partial charge in [0.2, 0.25) is 0 Å². The summed E-state index contributed by atoms with van der Waals surface area (Å²) in [6.45, 7) is 2.21. The van der Waals surface area contributed by atoms with Crippen LogP contribution in [-0.2, 0) is 0 Å². The topological polar surface area (TPSA) is 59.6 Å². The fraction of sp³-hybridized carbons (Fsp3) is 0.500. The molecule has 1 aliphatic carbocycles. The Hall–Kier alpha value is -0.980. The standard InChI is InChI=1S/C14H21N3O.HI/c1-3-4-10-9-13(10)17-14(15)16-11-5-7-12(18-2)8-6-11;/h5-8,10,13H,3-4,9H2,1-2H3,(H3,15,16,17);1H. The molecule has 1 fully saturated rings. The molecular weight excluding hydrogens is 353 g/mol. The molecule has 2 unspecified atom stereocenters. The molecule has 0 amide bonds. The first-order chi connectivity index (χ1) is 8.72. The third-order valence-electron chi connectivity index (χ3n) is 3.21. The minimum Gasteiger partial charge on any atom is -0.497 e. The molecule has 2 atom stereocenters. The summed E-state index contributed by atoms with van der Waals surface area (Å²) in [7, 11) is 1.65. The lowest BCUT2D eigenvalue weighted by Crippen LogP contribution is -2.23. The van der Waals surface area contributed by atoms with Crippen molar-refractivity contribution in [3.8, 4) is 5.75 Å². The first-order valence-corrected chi connectivity index (χ1v) is 6.47. The first-order valence-electron chi connectivity index (χ1n) is 6.47. The van der Waals surface area contributed by atoms with Crippen LogP contribution in [0, 0.1) is 5.92 Å². The van der Waals surface area contributed by atoms with Crippen molar-refractivity contribution in [1.82, 2.24) is 0 Å². The summed E-state index contributed by atoms with van der Waals surface area (Å²) in [6.07, 6.45) is 3.66. The summed E-state index contributed by atoms with van der Waals surface area (Å²) in [6, 6.07) is 8.07. The van der Waals surface area contributed by atoms with Gasteiger partial charge in [-0.1, -0.05) is 13.3 Å². The van der Waals surface area contributed by atoms with Gasteiger partial charge in [0.25, 0.3) is 0 Å². The highest BCUT2D eigenvalue weighted by molar-refractivity contribution is 14.0. The zero-order valence-corrected chi connectivity index (χ0v) is 13.8. The van der Waals surface area contributed by atoms with Crippen LogP contribution in [0.1, 0.15) is 26.2 Å². The Bertz CT molecular complexity index is 419. The predicted octanol–water partition coefficient (Wildman–Crippen LogP) is 3.23. The van der Waals surface area contributed by atoms with Crippen molar-refractivity contribution in [3.63, 3.8) is 0 Å². The average Bonchev–Trinajstić information content (AvgIpc) is 3.08. The number of nitrogens with two attached hydrogens (primary N) is 1. The van der Waals surface area contributed by atoms with Crippen LogP contribution >= 0.6 is 24.0 Å².